The lowest BCUT2D eigenvalue weighted by molar-refractivity contribution is -0.142. The Bertz CT molecular complexity index is 690. The molecule has 21 heavy (non-hydrogen) atoms. The number of carboxylic acid groups (broad SMARTS) is 1. The maximum Gasteiger partial charge on any atom is 0.306 e. The second-order valence-corrected chi connectivity index (χ2v) is 5.14. The molecule has 0 saturated heterocycles. The van der Waals surface area contributed by atoms with E-state index in [1.807, 2.05) is 30.3 Å². The molecule has 2 unspecified atom stereocenters. The van der Waals surface area contributed by atoms with Crippen LogP contribution in [0.4, 0.5) is 0 Å². The molecule has 0 amide bonds. The number of carbonyl (C=O) groups is 2. The van der Waals surface area contributed by atoms with Crippen molar-refractivity contribution in [1.29, 1.82) is 0 Å². The van der Waals surface area contributed by atoms with E-state index >= 15 is 0 Å². The summed E-state index contributed by atoms with van der Waals surface area (Å²) in [6, 6.07) is 11.1. The standard InChI is InChI=1S/C17H18O4/c1-10(11(2)17(19)20)16(18)15-13-7-5-4-6-12(13)8-9-14(15)21-3/h4-11H,1-3H3,(H,19,20). The SMILES string of the molecule is COc1ccc2ccccc2c1C(=O)C(C)C(C)C(=O)O. The Morgan fingerprint density at radius 2 is 1.71 bits per heavy atom. The van der Waals surface area contributed by atoms with Crippen LogP contribution in [0.3, 0.4) is 0 Å². The van der Waals surface area contributed by atoms with Crippen LogP contribution in [0.5, 0.6) is 5.75 Å². The van der Waals surface area contributed by atoms with E-state index in [2.05, 4.69) is 0 Å². The molecule has 4 nitrogen and oxygen atoms in total. The summed E-state index contributed by atoms with van der Waals surface area (Å²) in [6.07, 6.45) is 0. The molecular weight excluding hydrogens is 268 g/mol. The minimum Gasteiger partial charge on any atom is -0.496 e. The second kappa shape index (κ2) is 5.95. The topological polar surface area (TPSA) is 63.6 Å². The average molecular weight is 286 g/mol. The number of Topliss-reactive ketones (excluding diaryl/α,β-unsaturated/α-hetero) is 1. The quantitative estimate of drug-likeness (QED) is 0.856. The highest BCUT2D eigenvalue weighted by Gasteiger charge is 2.29. The number of aliphatic carboxylic acids is 1. The fourth-order valence-electron chi connectivity index (χ4n) is 2.34. The highest BCUT2D eigenvalue weighted by Crippen LogP contribution is 2.31. The van der Waals surface area contributed by atoms with Crippen LogP contribution < -0.4 is 4.74 Å². The van der Waals surface area contributed by atoms with Crippen LogP contribution >= 0.6 is 0 Å². The molecule has 2 rings (SSSR count). The van der Waals surface area contributed by atoms with Crippen molar-refractivity contribution in [3.63, 3.8) is 0 Å². The highest BCUT2D eigenvalue weighted by atomic mass is 16.5. The summed E-state index contributed by atoms with van der Waals surface area (Å²) in [5.74, 6) is -2.08. The Hall–Kier alpha value is -2.36. The fraction of sp³-hybridized carbons (Fsp3) is 0.294. The molecule has 1 N–H and O–H groups in total. The number of methoxy groups -OCH3 is 1. The number of ether oxygens (including phenoxy) is 1. The van der Waals surface area contributed by atoms with Crippen molar-refractivity contribution in [3.05, 3.63) is 42.0 Å². The zero-order valence-electron chi connectivity index (χ0n) is 12.3. The molecule has 0 bridgehead atoms. The van der Waals surface area contributed by atoms with Gasteiger partial charge in [0.2, 0.25) is 0 Å². The molecule has 2 aromatic rings. The van der Waals surface area contributed by atoms with Crippen molar-refractivity contribution in [2.45, 2.75) is 13.8 Å². The molecule has 0 heterocycles. The predicted molar refractivity (Wildman–Crippen MR) is 80.8 cm³/mol. The first-order valence-corrected chi connectivity index (χ1v) is 6.80. The number of carboxylic acids is 1. The highest BCUT2D eigenvalue weighted by molar-refractivity contribution is 6.12. The summed E-state index contributed by atoms with van der Waals surface area (Å²) in [4.78, 5) is 23.9. The molecule has 2 atom stereocenters. The monoisotopic (exact) mass is 286 g/mol. The van der Waals surface area contributed by atoms with E-state index in [0.717, 1.165) is 10.8 Å². The summed E-state index contributed by atoms with van der Waals surface area (Å²) in [5.41, 5.74) is 0.455. The van der Waals surface area contributed by atoms with Gasteiger partial charge in [0.25, 0.3) is 0 Å². The third-order valence-electron chi connectivity index (χ3n) is 3.91. The molecule has 0 radical (unpaired) electrons. The van der Waals surface area contributed by atoms with Gasteiger partial charge in [-0.15, -0.1) is 0 Å². The number of fused-ring (bicyclic) bond motifs is 1. The van der Waals surface area contributed by atoms with Gasteiger partial charge in [-0.1, -0.05) is 44.2 Å². The molecule has 0 aromatic heterocycles. The van der Waals surface area contributed by atoms with Gasteiger partial charge in [-0.3, -0.25) is 9.59 Å². The molecule has 4 heteroatoms. The van der Waals surface area contributed by atoms with Crippen LogP contribution in [-0.4, -0.2) is 24.0 Å². The van der Waals surface area contributed by atoms with Crippen molar-refractivity contribution in [2.24, 2.45) is 11.8 Å². The van der Waals surface area contributed by atoms with E-state index in [4.69, 9.17) is 9.84 Å². The number of rotatable bonds is 5. The molecule has 0 spiro atoms. The third-order valence-corrected chi connectivity index (χ3v) is 3.91. The number of ketones is 1. The predicted octanol–water partition coefficient (Wildman–Crippen LogP) is 3.39. The van der Waals surface area contributed by atoms with Gasteiger partial charge in [0.05, 0.1) is 18.6 Å². The maximum absolute atomic E-state index is 12.7. The van der Waals surface area contributed by atoms with Gasteiger partial charge in [0, 0.05) is 5.92 Å². The van der Waals surface area contributed by atoms with E-state index in [1.54, 1.807) is 19.9 Å². The van der Waals surface area contributed by atoms with Crippen molar-refractivity contribution >= 4 is 22.5 Å². The van der Waals surface area contributed by atoms with Crippen molar-refractivity contribution < 1.29 is 19.4 Å². The van der Waals surface area contributed by atoms with E-state index in [0.29, 0.717) is 11.3 Å². The molecule has 0 aliphatic carbocycles. The smallest absolute Gasteiger partial charge is 0.306 e. The third kappa shape index (κ3) is 2.75. The molecule has 110 valence electrons. The summed E-state index contributed by atoms with van der Waals surface area (Å²) in [7, 11) is 1.51. The van der Waals surface area contributed by atoms with Gasteiger partial charge in [0.15, 0.2) is 5.78 Å². The van der Waals surface area contributed by atoms with Crippen molar-refractivity contribution in [2.75, 3.05) is 7.11 Å². The maximum atomic E-state index is 12.7. The lowest BCUT2D eigenvalue weighted by Crippen LogP contribution is -2.25. The van der Waals surface area contributed by atoms with E-state index in [1.165, 1.54) is 7.11 Å². The van der Waals surface area contributed by atoms with Crippen molar-refractivity contribution in [1.82, 2.24) is 0 Å². The van der Waals surface area contributed by atoms with Crippen LogP contribution in [-0.2, 0) is 4.79 Å². The fourth-order valence-corrected chi connectivity index (χ4v) is 2.34. The second-order valence-electron chi connectivity index (χ2n) is 5.14. The first-order chi connectivity index (χ1) is 9.97. The summed E-state index contributed by atoms with van der Waals surface area (Å²) < 4.78 is 5.30. The Labute approximate surface area is 123 Å². The van der Waals surface area contributed by atoms with Crippen LogP contribution in [0.2, 0.25) is 0 Å². The van der Waals surface area contributed by atoms with Gasteiger partial charge >= 0.3 is 5.97 Å². The molecule has 0 saturated carbocycles. The van der Waals surface area contributed by atoms with Gasteiger partial charge in [0.1, 0.15) is 5.75 Å². The molecule has 0 aliphatic heterocycles. The van der Waals surface area contributed by atoms with Crippen LogP contribution in [0, 0.1) is 11.8 Å². The molecular formula is C17H18O4. The lowest BCUT2D eigenvalue weighted by atomic mass is 9.86. The minimum absolute atomic E-state index is 0.210. The zero-order chi connectivity index (χ0) is 15.6. The van der Waals surface area contributed by atoms with E-state index in [9.17, 15) is 9.59 Å². The first kappa shape index (κ1) is 15.0. The number of benzene rings is 2. The Morgan fingerprint density at radius 3 is 2.33 bits per heavy atom. The van der Waals surface area contributed by atoms with Crippen LogP contribution in [0.25, 0.3) is 10.8 Å². The van der Waals surface area contributed by atoms with Crippen LogP contribution in [0.1, 0.15) is 24.2 Å². The Balaban J connectivity index is 2.58. The number of hydrogen-bond acceptors (Lipinski definition) is 3. The Morgan fingerprint density at radius 1 is 1.05 bits per heavy atom. The summed E-state index contributed by atoms with van der Waals surface area (Å²) in [5, 5.41) is 10.8. The largest absolute Gasteiger partial charge is 0.496 e. The molecule has 0 fully saturated rings. The van der Waals surface area contributed by atoms with E-state index < -0.39 is 17.8 Å². The summed E-state index contributed by atoms with van der Waals surface area (Å²) in [6.45, 7) is 3.19. The van der Waals surface area contributed by atoms with Gasteiger partial charge in [-0.25, -0.2) is 0 Å². The molecule has 0 aliphatic rings. The number of hydrogen-bond donors (Lipinski definition) is 1. The minimum atomic E-state index is -0.977. The van der Waals surface area contributed by atoms with Gasteiger partial charge in [-0.05, 0) is 16.8 Å². The van der Waals surface area contributed by atoms with Gasteiger partial charge in [-0.2, -0.15) is 0 Å². The van der Waals surface area contributed by atoms with Gasteiger partial charge < -0.3 is 9.84 Å². The average Bonchev–Trinajstić information content (AvgIpc) is 2.51. The normalized spacial score (nSPS) is 13.7. The molecule has 2 aromatic carbocycles. The lowest BCUT2D eigenvalue weighted by Gasteiger charge is -2.18. The Kier molecular flexibility index (Phi) is 4.26. The first-order valence-electron chi connectivity index (χ1n) is 6.80. The zero-order valence-corrected chi connectivity index (χ0v) is 12.3. The number of carbonyl (C=O) groups excluding carboxylic acids is 1. The summed E-state index contributed by atoms with van der Waals surface area (Å²) >= 11 is 0. The van der Waals surface area contributed by atoms with E-state index in [-0.39, 0.29) is 5.78 Å². The van der Waals surface area contributed by atoms with Crippen LogP contribution in [0.15, 0.2) is 36.4 Å². The van der Waals surface area contributed by atoms with Crippen molar-refractivity contribution in [3.8, 4) is 5.75 Å².